The molecule has 1 N–H and O–H groups in total. The molecular weight excluding hydrogens is 310 g/mol. The van der Waals surface area contributed by atoms with Crippen molar-refractivity contribution in [2.75, 3.05) is 7.05 Å². The molecule has 0 saturated heterocycles. The maximum Gasteiger partial charge on any atom is 0.317 e. The standard InChI is InChI=1S/C16H19N5OS/c1-3-21-13-7-5-4-6-12(13)19-14(21)10-18-16(22)20(2)11-15-17-8-9-23-15/h4-9H,3,10-11H2,1-2H3,(H,18,22). The maximum absolute atomic E-state index is 12.2. The number of thiazole rings is 1. The molecule has 0 aliphatic carbocycles. The number of para-hydroxylation sites is 2. The van der Waals surface area contributed by atoms with Crippen LogP contribution in [-0.2, 0) is 19.6 Å². The van der Waals surface area contributed by atoms with Crippen LogP contribution in [0.25, 0.3) is 11.0 Å². The molecule has 3 rings (SSSR count). The van der Waals surface area contributed by atoms with Crippen LogP contribution in [0.15, 0.2) is 35.8 Å². The summed E-state index contributed by atoms with van der Waals surface area (Å²) in [6.45, 7) is 3.81. The molecule has 0 bridgehead atoms. The third kappa shape index (κ3) is 3.34. The van der Waals surface area contributed by atoms with Crippen LogP contribution >= 0.6 is 11.3 Å². The summed E-state index contributed by atoms with van der Waals surface area (Å²) in [5.74, 6) is 0.865. The molecule has 0 spiro atoms. The number of aromatic nitrogens is 3. The lowest BCUT2D eigenvalue weighted by molar-refractivity contribution is 0.206. The zero-order chi connectivity index (χ0) is 16.2. The topological polar surface area (TPSA) is 63.1 Å². The van der Waals surface area contributed by atoms with Gasteiger partial charge in [0.25, 0.3) is 0 Å². The van der Waals surface area contributed by atoms with Gasteiger partial charge in [-0.1, -0.05) is 12.1 Å². The molecule has 0 radical (unpaired) electrons. The van der Waals surface area contributed by atoms with Crippen molar-refractivity contribution in [3.63, 3.8) is 0 Å². The summed E-state index contributed by atoms with van der Waals surface area (Å²) in [7, 11) is 1.76. The predicted octanol–water partition coefficient (Wildman–Crippen LogP) is 2.85. The molecule has 1 aromatic carbocycles. The number of carbonyl (C=O) groups is 1. The number of benzene rings is 1. The molecule has 0 fully saturated rings. The second-order valence-corrected chi connectivity index (χ2v) is 6.18. The van der Waals surface area contributed by atoms with Gasteiger partial charge >= 0.3 is 6.03 Å². The number of imidazole rings is 1. The van der Waals surface area contributed by atoms with Crippen molar-refractivity contribution in [1.82, 2.24) is 24.8 Å². The van der Waals surface area contributed by atoms with Crippen LogP contribution < -0.4 is 5.32 Å². The Bertz CT molecular complexity index is 796. The lowest BCUT2D eigenvalue weighted by atomic mass is 10.3. The number of carbonyl (C=O) groups excluding carboxylic acids is 1. The zero-order valence-corrected chi connectivity index (χ0v) is 14.0. The molecule has 2 heterocycles. The number of rotatable bonds is 5. The van der Waals surface area contributed by atoms with Gasteiger partial charge in [-0.15, -0.1) is 11.3 Å². The lowest BCUT2D eigenvalue weighted by Gasteiger charge is -2.16. The minimum atomic E-state index is -0.130. The highest BCUT2D eigenvalue weighted by atomic mass is 32.1. The largest absolute Gasteiger partial charge is 0.331 e. The minimum Gasteiger partial charge on any atom is -0.331 e. The van der Waals surface area contributed by atoms with Gasteiger partial charge in [0.15, 0.2) is 0 Å². The minimum absolute atomic E-state index is 0.130. The Morgan fingerprint density at radius 3 is 2.96 bits per heavy atom. The Hall–Kier alpha value is -2.41. The Morgan fingerprint density at radius 1 is 1.39 bits per heavy atom. The molecule has 0 aliphatic rings. The number of urea groups is 1. The first-order valence-corrected chi connectivity index (χ1v) is 8.38. The summed E-state index contributed by atoms with van der Waals surface area (Å²) >= 11 is 1.54. The number of hydrogen-bond donors (Lipinski definition) is 1. The van der Waals surface area contributed by atoms with Crippen LogP contribution in [-0.4, -0.2) is 32.5 Å². The van der Waals surface area contributed by atoms with E-state index in [0.29, 0.717) is 13.1 Å². The number of nitrogens with zero attached hydrogens (tertiary/aromatic N) is 4. The van der Waals surface area contributed by atoms with Crippen LogP contribution in [0.2, 0.25) is 0 Å². The van der Waals surface area contributed by atoms with Gasteiger partial charge in [0.2, 0.25) is 0 Å². The Morgan fingerprint density at radius 2 is 2.22 bits per heavy atom. The van der Waals surface area contributed by atoms with E-state index < -0.39 is 0 Å². The molecule has 3 aromatic rings. The van der Waals surface area contributed by atoms with E-state index >= 15 is 0 Å². The summed E-state index contributed by atoms with van der Waals surface area (Å²) in [6.07, 6.45) is 1.75. The monoisotopic (exact) mass is 329 g/mol. The molecule has 0 saturated carbocycles. The van der Waals surface area contributed by atoms with Crippen LogP contribution in [0.4, 0.5) is 4.79 Å². The van der Waals surface area contributed by atoms with E-state index in [-0.39, 0.29) is 6.03 Å². The summed E-state index contributed by atoms with van der Waals surface area (Å²) in [5, 5.41) is 5.75. The van der Waals surface area contributed by atoms with Gasteiger partial charge in [-0.25, -0.2) is 14.8 Å². The van der Waals surface area contributed by atoms with Gasteiger partial charge in [0.1, 0.15) is 10.8 Å². The van der Waals surface area contributed by atoms with Gasteiger partial charge in [-0.2, -0.15) is 0 Å². The molecular formula is C16H19N5OS. The first kappa shape index (κ1) is 15.5. The van der Waals surface area contributed by atoms with Gasteiger partial charge < -0.3 is 14.8 Å². The number of aryl methyl sites for hydroxylation is 1. The fraction of sp³-hybridized carbons (Fsp3) is 0.312. The highest BCUT2D eigenvalue weighted by Gasteiger charge is 2.13. The average molecular weight is 329 g/mol. The van der Waals surface area contributed by atoms with Crippen molar-refractivity contribution in [3.05, 3.63) is 46.7 Å². The van der Waals surface area contributed by atoms with Gasteiger partial charge in [0.05, 0.1) is 24.1 Å². The molecule has 0 atom stereocenters. The van der Waals surface area contributed by atoms with Crippen molar-refractivity contribution >= 4 is 28.4 Å². The van der Waals surface area contributed by atoms with E-state index in [4.69, 9.17) is 0 Å². The first-order valence-electron chi connectivity index (χ1n) is 7.50. The molecule has 0 unspecified atom stereocenters. The van der Waals surface area contributed by atoms with E-state index in [0.717, 1.165) is 28.4 Å². The highest BCUT2D eigenvalue weighted by molar-refractivity contribution is 7.09. The third-order valence-corrected chi connectivity index (χ3v) is 4.41. The Balaban J connectivity index is 1.67. The molecule has 6 nitrogen and oxygen atoms in total. The molecule has 2 amide bonds. The van der Waals surface area contributed by atoms with Gasteiger partial charge in [0, 0.05) is 25.2 Å². The van der Waals surface area contributed by atoms with E-state index in [1.807, 2.05) is 29.6 Å². The zero-order valence-electron chi connectivity index (χ0n) is 13.2. The van der Waals surface area contributed by atoms with Gasteiger partial charge in [-0.05, 0) is 19.1 Å². The van der Waals surface area contributed by atoms with Crippen LogP contribution in [0, 0.1) is 0 Å². The molecule has 2 aromatic heterocycles. The first-order chi connectivity index (χ1) is 11.2. The Labute approximate surface area is 138 Å². The van der Waals surface area contributed by atoms with E-state index in [9.17, 15) is 4.79 Å². The second kappa shape index (κ2) is 6.78. The van der Waals surface area contributed by atoms with Crippen molar-refractivity contribution in [2.24, 2.45) is 0 Å². The van der Waals surface area contributed by atoms with Crippen molar-refractivity contribution < 1.29 is 4.79 Å². The number of nitrogens with one attached hydrogen (secondary N) is 1. The molecule has 120 valence electrons. The summed E-state index contributed by atoms with van der Waals surface area (Å²) in [5.41, 5.74) is 2.05. The molecule has 23 heavy (non-hydrogen) atoms. The number of amides is 2. The fourth-order valence-electron chi connectivity index (χ4n) is 2.51. The summed E-state index contributed by atoms with van der Waals surface area (Å²) in [4.78, 5) is 22.6. The van der Waals surface area contributed by atoms with Gasteiger partial charge in [-0.3, -0.25) is 0 Å². The van der Waals surface area contributed by atoms with Crippen LogP contribution in [0.3, 0.4) is 0 Å². The molecule has 0 aliphatic heterocycles. The fourth-order valence-corrected chi connectivity index (χ4v) is 3.18. The third-order valence-electron chi connectivity index (χ3n) is 3.65. The lowest BCUT2D eigenvalue weighted by Crippen LogP contribution is -2.36. The van der Waals surface area contributed by atoms with E-state index in [2.05, 4.69) is 26.8 Å². The van der Waals surface area contributed by atoms with E-state index in [1.165, 1.54) is 0 Å². The maximum atomic E-state index is 12.2. The Kier molecular flexibility index (Phi) is 4.57. The van der Waals surface area contributed by atoms with Crippen molar-refractivity contribution in [3.8, 4) is 0 Å². The highest BCUT2D eigenvalue weighted by Crippen LogP contribution is 2.15. The smallest absolute Gasteiger partial charge is 0.317 e. The van der Waals surface area contributed by atoms with Crippen LogP contribution in [0.1, 0.15) is 17.8 Å². The quantitative estimate of drug-likeness (QED) is 0.783. The average Bonchev–Trinajstić information content (AvgIpc) is 3.19. The van der Waals surface area contributed by atoms with E-state index in [1.54, 1.807) is 29.5 Å². The second-order valence-electron chi connectivity index (χ2n) is 5.20. The number of fused-ring (bicyclic) bond motifs is 1. The number of hydrogen-bond acceptors (Lipinski definition) is 4. The summed E-state index contributed by atoms with van der Waals surface area (Å²) < 4.78 is 2.12. The van der Waals surface area contributed by atoms with Crippen molar-refractivity contribution in [2.45, 2.75) is 26.6 Å². The normalized spacial score (nSPS) is 10.9. The summed E-state index contributed by atoms with van der Waals surface area (Å²) in [6, 6.07) is 7.88. The molecule has 7 heteroatoms. The van der Waals surface area contributed by atoms with Crippen LogP contribution in [0.5, 0.6) is 0 Å². The van der Waals surface area contributed by atoms with Crippen molar-refractivity contribution in [1.29, 1.82) is 0 Å². The predicted molar refractivity (Wildman–Crippen MR) is 91.2 cm³/mol. The SMILES string of the molecule is CCn1c(CNC(=O)N(C)Cc2nccs2)nc2ccccc21.